The van der Waals surface area contributed by atoms with Crippen molar-refractivity contribution in [2.45, 2.75) is 45.6 Å². The first-order valence-corrected chi connectivity index (χ1v) is 5.92. The van der Waals surface area contributed by atoms with E-state index in [9.17, 15) is 9.59 Å². The van der Waals surface area contributed by atoms with Crippen molar-refractivity contribution in [3.05, 3.63) is 0 Å². The van der Waals surface area contributed by atoms with E-state index in [-0.39, 0.29) is 19.6 Å². The largest absolute Gasteiger partial charge is 0.464 e. The van der Waals surface area contributed by atoms with Gasteiger partial charge in [-0.3, -0.25) is 0 Å². The maximum absolute atomic E-state index is 11.8. The van der Waals surface area contributed by atoms with E-state index in [1.54, 1.807) is 13.8 Å². The van der Waals surface area contributed by atoms with Crippen molar-refractivity contribution in [1.29, 1.82) is 0 Å². The third kappa shape index (κ3) is 5.72. The lowest BCUT2D eigenvalue weighted by atomic mass is 10.0. The molecule has 0 aromatic rings. The van der Waals surface area contributed by atoms with Gasteiger partial charge in [-0.15, -0.1) is 0 Å². The highest BCUT2D eigenvalue weighted by Gasteiger charge is 2.33. The topological polar surface area (TPSA) is 99.1 Å². The summed E-state index contributed by atoms with van der Waals surface area (Å²) in [6.07, 6.45) is -0.291. The SMILES string of the molecule is CCCCOC(=O)N(NC(=O)O)C(C)(C)CCO. The summed E-state index contributed by atoms with van der Waals surface area (Å²) in [5.74, 6) is 0. The Labute approximate surface area is 107 Å². The monoisotopic (exact) mass is 262 g/mol. The zero-order valence-electron chi connectivity index (χ0n) is 11.1. The summed E-state index contributed by atoms with van der Waals surface area (Å²) in [6.45, 7) is 5.31. The van der Waals surface area contributed by atoms with Gasteiger partial charge in [0.1, 0.15) is 0 Å². The Bertz CT molecular complexity index is 281. The lowest BCUT2D eigenvalue weighted by Gasteiger charge is -2.36. The molecule has 0 atom stereocenters. The zero-order chi connectivity index (χ0) is 14.2. The molecule has 0 aliphatic heterocycles. The molecule has 3 N–H and O–H groups in total. The van der Waals surface area contributed by atoms with Crippen LogP contribution in [-0.2, 0) is 4.74 Å². The molecule has 0 spiro atoms. The smallest absolute Gasteiger partial charge is 0.429 e. The molecule has 0 bridgehead atoms. The maximum Gasteiger partial charge on any atom is 0.429 e. The van der Waals surface area contributed by atoms with Gasteiger partial charge in [0.25, 0.3) is 0 Å². The summed E-state index contributed by atoms with van der Waals surface area (Å²) in [6, 6.07) is 0. The van der Waals surface area contributed by atoms with Crippen LogP contribution in [0.1, 0.15) is 40.0 Å². The third-order valence-corrected chi connectivity index (χ3v) is 2.44. The molecule has 0 rings (SSSR count). The summed E-state index contributed by atoms with van der Waals surface area (Å²) in [5.41, 5.74) is 1.13. The highest BCUT2D eigenvalue weighted by atomic mass is 16.6. The summed E-state index contributed by atoms with van der Waals surface area (Å²) < 4.78 is 4.96. The molecule has 106 valence electrons. The van der Waals surface area contributed by atoms with E-state index in [0.717, 1.165) is 11.4 Å². The van der Waals surface area contributed by atoms with E-state index in [1.165, 1.54) is 0 Å². The van der Waals surface area contributed by atoms with Crippen molar-refractivity contribution in [3.8, 4) is 0 Å². The van der Waals surface area contributed by atoms with Crippen LogP contribution in [-0.4, -0.2) is 46.2 Å². The molecule has 0 aromatic heterocycles. The quantitative estimate of drug-likeness (QED) is 0.498. The predicted octanol–water partition coefficient (Wildman–Crippen LogP) is 1.57. The molecular formula is C11H22N2O5. The molecule has 0 heterocycles. The second-order valence-electron chi connectivity index (χ2n) is 4.51. The van der Waals surface area contributed by atoms with E-state index < -0.39 is 17.7 Å². The fraction of sp³-hybridized carbons (Fsp3) is 0.818. The molecule has 2 amide bonds. The van der Waals surface area contributed by atoms with Crippen molar-refractivity contribution in [3.63, 3.8) is 0 Å². The van der Waals surface area contributed by atoms with Gasteiger partial charge in [-0.1, -0.05) is 13.3 Å². The van der Waals surface area contributed by atoms with Gasteiger partial charge >= 0.3 is 12.2 Å². The van der Waals surface area contributed by atoms with Gasteiger partial charge in [0.15, 0.2) is 0 Å². The van der Waals surface area contributed by atoms with Gasteiger partial charge < -0.3 is 14.9 Å². The molecule has 0 fully saturated rings. The first kappa shape index (κ1) is 16.5. The van der Waals surface area contributed by atoms with Crippen molar-refractivity contribution < 1.29 is 24.5 Å². The number of nitrogens with zero attached hydrogens (tertiary/aromatic N) is 1. The molecular weight excluding hydrogens is 240 g/mol. The Kier molecular flexibility index (Phi) is 7.11. The Hall–Kier alpha value is -1.50. The minimum Gasteiger partial charge on any atom is -0.464 e. The van der Waals surface area contributed by atoms with Gasteiger partial charge in [-0.05, 0) is 26.7 Å². The Morgan fingerprint density at radius 2 is 2.00 bits per heavy atom. The van der Waals surface area contributed by atoms with E-state index in [1.807, 2.05) is 12.3 Å². The van der Waals surface area contributed by atoms with Crippen LogP contribution in [0.2, 0.25) is 0 Å². The van der Waals surface area contributed by atoms with Gasteiger partial charge in [-0.2, -0.15) is 0 Å². The second kappa shape index (κ2) is 7.75. The summed E-state index contributed by atoms with van der Waals surface area (Å²) in [4.78, 5) is 22.4. The van der Waals surface area contributed by atoms with E-state index in [0.29, 0.717) is 6.42 Å². The number of hydrogen-bond donors (Lipinski definition) is 3. The summed E-state index contributed by atoms with van der Waals surface area (Å²) in [7, 11) is 0. The minimum absolute atomic E-state index is 0.160. The number of ether oxygens (including phenoxy) is 1. The highest BCUT2D eigenvalue weighted by molar-refractivity contribution is 5.73. The summed E-state index contributed by atoms with van der Waals surface area (Å²) in [5, 5.41) is 18.5. The first-order valence-electron chi connectivity index (χ1n) is 5.92. The molecule has 0 aromatic carbocycles. The molecule has 0 saturated carbocycles. The molecule has 18 heavy (non-hydrogen) atoms. The van der Waals surface area contributed by atoms with Crippen LogP contribution >= 0.6 is 0 Å². The van der Waals surface area contributed by atoms with Crippen molar-refractivity contribution >= 4 is 12.2 Å². The van der Waals surface area contributed by atoms with Crippen LogP contribution < -0.4 is 5.43 Å². The summed E-state index contributed by atoms with van der Waals surface area (Å²) >= 11 is 0. The molecule has 0 saturated heterocycles. The number of rotatable bonds is 6. The molecule has 7 heteroatoms. The molecule has 0 aliphatic carbocycles. The van der Waals surface area contributed by atoms with Gasteiger partial charge in [0.2, 0.25) is 0 Å². The molecule has 0 unspecified atom stereocenters. The van der Waals surface area contributed by atoms with Crippen LogP contribution in [0.4, 0.5) is 9.59 Å². The van der Waals surface area contributed by atoms with Crippen LogP contribution in [0, 0.1) is 0 Å². The number of aliphatic hydroxyl groups excluding tert-OH is 1. The number of carbonyl (C=O) groups is 2. The lowest BCUT2D eigenvalue weighted by molar-refractivity contribution is 0.0225. The van der Waals surface area contributed by atoms with Gasteiger partial charge in [0.05, 0.1) is 12.1 Å². The predicted molar refractivity (Wildman–Crippen MR) is 65.0 cm³/mol. The minimum atomic E-state index is -1.35. The van der Waals surface area contributed by atoms with Crippen LogP contribution in [0.3, 0.4) is 0 Å². The normalized spacial score (nSPS) is 10.9. The van der Waals surface area contributed by atoms with Crippen LogP contribution in [0.5, 0.6) is 0 Å². The number of unbranched alkanes of at least 4 members (excludes halogenated alkanes) is 1. The van der Waals surface area contributed by atoms with Crippen LogP contribution in [0.25, 0.3) is 0 Å². The fourth-order valence-electron chi connectivity index (χ4n) is 1.29. The number of hydrazine groups is 1. The number of aliphatic hydroxyl groups is 1. The maximum atomic E-state index is 11.8. The van der Waals surface area contributed by atoms with E-state index >= 15 is 0 Å². The zero-order valence-corrected chi connectivity index (χ0v) is 11.1. The Morgan fingerprint density at radius 3 is 2.44 bits per heavy atom. The van der Waals surface area contributed by atoms with Crippen molar-refractivity contribution in [2.24, 2.45) is 0 Å². The van der Waals surface area contributed by atoms with Crippen LogP contribution in [0.15, 0.2) is 0 Å². The number of carboxylic acid groups (broad SMARTS) is 1. The Morgan fingerprint density at radius 1 is 1.39 bits per heavy atom. The number of hydrogen-bond acceptors (Lipinski definition) is 4. The number of nitrogens with one attached hydrogen (secondary N) is 1. The average molecular weight is 262 g/mol. The van der Waals surface area contributed by atoms with E-state index in [4.69, 9.17) is 14.9 Å². The van der Waals surface area contributed by atoms with Gasteiger partial charge in [-0.25, -0.2) is 20.0 Å². The highest BCUT2D eigenvalue weighted by Crippen LogP contribution is 2.17. The fourth-order valence-corrected chi connectivity index (χ4v) is 1.29. The Balaban J connectivity index is 4.65. The number of carbonyl (C=O) groups excluding carboxylic acids is 1. The number of amides is 2. The van der Waals surface area contributed by atoms with E-state index in [2.05, 4.69) is 0 Å². The molecule has 0 aliphatic rings. The molecule has 0 radical (unpaired) electrons. The van der Waals surface area contributed by atoms with Crippen molar-refractivity contribution in [2.75, 3.05) is 13.2 Å². The van der Waals surface area contributed by atoms with Gasteiger partial charge in [0, 0.05) is 6.61 Å². The average Bonchev–Trinajstić information content (AvgIpc) is 2.25. The first-order chi connectivity index (χ1) is 8.35. The third-order valence-electron chi connectivity index (χ3n) is 2.44. The standard InChI is InChI=1S/C11H22N2O5/c1-4-5-8-18-10(17)13(12-9(15)16)11(2,3)6-7-14/h12,14H,4-8H2,1-3H3,(H,15,16). The second-order valence-corrected chi connectivity index (χ2v) is 4.51. The lowest BCUT2D eigenvalue weighted by Crippen LogP contribution is -2.57. The molecule has 7 nitrogen and oxygen atoms in total. The van der Waals surface area contributed by atoms with Crippen molar-refractivity contribution in [1.82, 2.24) is 10.4 Å².